The predicted molar refractivity (Wildman–Crippen MR) is 130 cm³/mol. The highest BCUT2D eigenvalue weighted by Crippen LogP contribution is 2.55. The van der Waals surface area contributed by atoms with E-state index in [2.05, 4.69) is 6.58 Å². The summed E-state index contributed by atoms with van der Waals surface area (Å²) in [5, 5.41) is 23.1. The topological polar surface area (TPSA) is 146 Å². The number of halogens is 1. The first-order valence-corrected chi connectivity index (χ1v) is 12.3. The van der Waals surface area contributed by atoms with Gasteiger partial charge in [0.15, 0.2) is 11.7 Å². The maximum Gasteiger partial charge on any atom is 0.312 e. The van der Waals surface area contributed by atoms with E-state index in [1.165, 1.54) is 39.0 Å². The van der Waals surface area contributed by atoms with Gasteiger partial charge in [0.2, 0.25) is 0 Å². The minimum atomic E-state index is -2.27. The van der Waals surface area contributed by atoms with Crippen molar-refractivity contribution in [1.82, 2.24) is 0 Å². The van der Waals surface area contributed by atoms with E-state index in [1.54, 1.807) is 13.0 Å². The minimum Gasteiger partial charge on any atom is -0.459 e. The van der Waals surface area contributed by atoms with Crippen LogP contribution in [0.3, 0.4) is 0 Å². The van der Waals surface area contributed by atoms with Crippen LogP contribution < -0.4 is 0 Å². The third-order valence-corrected chi connectivity index (χ3v) is 8.12. The Morgan fingerprint density at radius 1 is 1.00 bits per heavy atom. The van der Waals surface area contributed by atoms with Crippen molar-refractivity contribution in [1.29, 1.82) is 0 Å². The molecule has 2 aliphatic carbocycles. The zero-order valence-electron chi connectivity index (χ0n) is 21.6. The monoisotopic (exact) mass is 540 g/mol. The van der Waals surface area contributed by atoms with Crippen molar-refractivity contribution in [3.8, 4) is 0 Å². The van der Waals surface area contributed by atoms with E-state index < -0.39 is 82.1 Å². The molecule has 1 fully saturated rings. The zero-order chi connectivity index (χ0) is 28.1. The summed E-state index contributed by atoms with van der Waals surface area (Å²) in [6.07, 6.45) is 0.581. The summed E-state index contributed by atoms with van der Waals surface area (Å²) in [4.78, 5) is 49.3. The Morgan fingerprint density at radius 2 is 1.54 bits per heavy atom. The second kappa shape index (κ2) is 9.89. The quantitative estimate of drug-likeness (QED) is 0.235. The predicted octanol–water partition coefficient (Wildman–Crippen LogP) is 1.75. The Kier molecular flexibility index (Phi) is 7.71. The molecule has 0 spiro atoms. The van der Waals surface area contributed by atoms with Gasteiger partial charge >= 0.3 is 23.9 Å². The highest BCUT2D eigenvalue weighted by molar-refractivity contribution is 6.23. The largest absolute Gasteiger partial charge is 0.459 e. The Hall–Kier alpha value is -2.69. The number of esters is 4. The van der Waals surface area contributed by atoms with Crippen LogP contribution in [-0.2, 0) is 38.1 Å². The summed E-state index contributed by atoms with van der Waals surface area (Å²) >= 11 is 6.64. The molecule has 3 rings (SSSR count). The van der Waals surface area contributed by atoms with E-state index in [4.69, 9.17) is 30.5 Å². The van der Waals surface area contributed by atoms with Gasteiger partial charge in [0.1, 0.15) is 23.9 Å². The SMILES string of the molecule is C=C1/C=C\C(OC(C)=O)[C@@]2(C)C=CC(OC(C)=O)[C@@](C)(O)C2C(OC(C)=O)[C@@]2(O)C(C)C(=O)OC2C1Cl. The second-order valence-corrected chi connectivity index (χ2v) is 10.8. The Balaban J connectivity index is 2.42. The zero-order valence-corrected chi connectivity index (χ0v) is 22.4. The molecule has 37 heavy (non-hydrogen) atoms. The Morgan fingerprint density at radius 3 is 2.08 bits per heavy atom. The Labute approximate surface area is 220 Å². The van der Waals surface area contributed by atoms with E-state index >= 15 is 0 Å². The van der Waals surface area contributed by atoms with Crippen LogP contribution in [0.5, 0.6) is 0 Å². The first-order valence-electron chi connectivity index (χ1n) is 11.8. The first-order chi connectivity index (χ1) is 17.0. The molecule has 204 valence electrons. The molecule has 1 aliphatic heterocycles. The standard InChI is InChI=1S/C26H33ClO10/c1-12-8-9-17(34-14(3)28)24(6)11-10-18(35-15(4)29)25(7,32)20(24)22(36-16(5)30)26(33)13(2)23(31)37-21(26)19(12)27/h8-11,13,17-22,32-33H,1H2,2-7H3/b9-8-/t13?,17?,18?,19?,20?,21?,22?,24-,25-,26-/m1/s1. The molecule has 7 unspecified atom stereocenters. The van der Waals surface area contributed by atoms with Crippen LogP contribution in [-0.4, -0.2) is 75.1 Å². The summed E-state index contributed by atoms with van der Waals surface area (Å²) in [6.45, 7) is 11.8. The van der Waals surface area contributed by atoms with Crippen molar-refractivity contribution in [3.63, 3.8) is 0 Å². The minimum absolute atomic E-state index is 0.233. The molecule has 0 saturated carbocycles. The third kappa shape index (κ3) is 4.82. The van der Waals surface area contributed by atoms with Crippen LogP contribution >= 0.6 is 11.6 Å². The molecular formula is C26H33ClO10. The fourth-order valence-corrected chi connectivity index (χ4v) is 6.08. The van der Waals surface area contributed by atoms with E-state index in [1.807, 2.05) is 0 Å². The summed E-state index contributed by atoms with van der Waals surface area (Å²) in [6, 6.07) is 0. The van der Waals surface area contributed by atoms with Crippen LogP contribution in [0, 0.1) is 17.3 Å². The van der Waals surface area contributed by atoms with Crippen LogP contribution in [0.1, 0.15) is 41.5 Å². The van der Waals surface area contributed by atoms with Crippen molar-refractivity contribution in [2.45, 2.75) is 82.5 Å². The number of ether oxygens (including phenoxy) is 4. The van der Waals surface area contributed by atoms with Gasteiger partial charge in [0.05, 0.1) is 11.3 Å². The number of alkyl halides is 1. The molecule has 2 N–H and O–H groups in total. The fourth-order valence-electron chi connectivity index (χ4n) is 5.76. The molecule has 10 nitrogen and oxygen atoms in total. The van der Waals surface area contributed by atoms with Gasteiger partial charge in [0, 0.05) is 32.1 Å². The maximum absolute atomic E-state index is 12.8. The van der Waals surface area contributed by atoms with Crippen molar-refractivity contribution in [2.75, 3.05) is 0 Å². The van der Waals surface area contributed by atoms with Gasteiger partial charge in [-0.25, -0.2) is 0 Å². The van der Waals surface area contributed by atoms with Crippen molar-refractivity contribution < 1.29 is 48.3 Å². The van der Waals surface area contributed by atoms with Gasteiger partial charge in [0.25, 0.3) is 0 Å². The van der Waals surface area contributed by atoms with Gasteiger partial charge in [-0.05, 0) is 31.6 Å². The highest BCUT2D eigenvalue weighted by Gasteiger charge is 2.70. The van der Waals surface area contributed by atoms with Crippen molar-refractivity contribution in [3.05, 3.63) is 36.5 Å². The molecule has 0 aromatic heterocycles. The molecule has 1 heterocycles. The average molecular weight is 541 g/mol. The number of hydrogen-bond donors (Lipinski definition) is 2. The van der Waals surface area contributed by atoms with E-state index in [0.717, 1.165) is 13.8 Å². The molecule has 11 heteroatoms. The smallest absolute Gasteiger partial charge is 0.312 e. The van der Waals surface area contributed by atoms with Crippen LogP contribution in [0.4, 0.5) is 0 Å². The lowest BCUT2D eigenvalue weighted by molar-refractivity contribution is -0.242. The number of aliphatic hydroxyl groups is 2. The summed E-state index contributed by atoms with van der Waals surface area (Å²) in [5.74, 6) is -5.56. The molecule has 0 aromatic rings. The van der Waals surface area contributed by atoms with Crippen LogP contribution in [0.25, 0.3) is 0 Å². The van der Waals surface area contributed by atoms with Gasteiger partial charge in [-0.3, -0.25) is 19.2 Å². The highest BCUT2D eigenvalue weighted by atomic mass is 35.5. The number of allylic oxidation sites excluding steroid dienone is 1. The molecule has 0 bridgehead atoms. The van der Waals surface area contributed by atoms with E-state index in [9.17, 15) is 29.4 Å². The number of fused-ring (bicyclic) bond motifs is 2. The number of carbonyl (C=O) groups excluding carboxylic acids is 4. The van der Waals surface area contributed by atoms with Crippen LogP contribution in [0.15, 0.2) is 36.5 Å². The van der Waals surface area contributed by atoms with Gasteiger partial charge in [-0.1, -0.05) is 25.7 Å². The van der Waals surface area contributed by atoms with E-state index in [0.29, 0.717) is 0 Å². The molecule has 1 saturated heterocycles. The molecular weight excluding hydrogens is 508 g/mol. The molecule has 10 atom stereocenters. The van der Waals surface area contributed by atoms with Crippen LogP contribution in [0.2, 0.25) is 0 Å². The second-order valence-electron chi connectivity index (χ2n) is 10.3. The molecule has 3 aliphatic rings. The lowest BCUT2D eigenvalue weighted by Gasteiger charge is -2.56. The van der Waals surface area contributed by atoms with Gasteiger partial charge in [-0.15, -0.1) is 11.6 Å². The average Bonchev–Trinajstić information content (AvgIpc) is 3.00. The van der Waals surface area contributed by atoms with Gasteiger partial charge < -0.3 is 29.2 Å². The maximum atomic E-state index is 12.8. The normalized spacial score (nSPS) is 44.1. The van der Waals surface area contributed by atoms with Crippen molar-refractivity contribution in [2.24, 2.45) is 17.3 Å². The Bertz CT molecular complexity index is 1060. The third-order valence-electron chi connectivity index (χ3n) is 7.61. The van der Waals surface area contributed by atoms with Crippen molar-refractivity contribution >= 4 is 35.5 Å². The molecule has 0 amide bonds. The fraction of sp³-hybridized carbons (Fsp3) is 0.615. The lowest BCUT2D eigenvalue weighted by Crippen LogP contribution is -2.70. The summed E-state index contributed by atoms with van der Waals surface area (Å²) in [5.41, 5.74) is -5.44. The molecule has 0 aromatic carbocycles. The molecule has 0 radical (unpaired) electrons. The van der Waals surface area contributed by atoms with E-state index in [-0.39, 0.29) is 5.57 Å². The summed E-state index contributed by atoms with van der Waals surface area (Å²) < 4.78 is 22.2. The lowest BCUT2D eigenvalue weighted by atomic mass is 9.55. The van der Waals surface area contributed by atoms with Gasteiger partial charge in [-0.2, -0.15) is 0 Å². The number of carbonyl (C=O) groups is 4. The number of rotatable bonds is 3. The first kappa shape index (κ1) is 28.9. The number of hydrogen-bond acceptors (Lipinski definition) is 10. The summed E-state index contributed by atoms with van der Waals surface area (Å²) in [7, 11) is 0.